The highest BCUT2D eigenvalue weighted by Crippen LogP contribution is 2.23. The number of benzene rings is 3. The summed E-state index contributed by atoms with van der Waals surface area (Å²) in [5, 5.41) is 17.5. The van der Waals surface area contributed by atoms with Crippen LogP contribution in [-0.2, 0) is 19.6 Å². The number of rotatable bonds is 10. The summed E-state index contributed by atoms with van der Waals surface area (Å²) >= 11 is 0. The number of anilines is 1. The SMILES string of the molecule is Cl.Cl.O=C(Nc1ccc([N+](=O)[O-])cc1)N(Cc1ccc(-c2ccc(CNC3CCCCC3)cc2)cc1)Cc1cccnc1. The molecule has 1 aliphatic carbocycles. The Bertz CT molecular complexity index is 1430. The molecule has 1 aliphatic rings. The van der Waals surface area contributed by atoms with Crippen LogP contribution in [0.3, 0.4) is 0 Å². The van der Waals surface area contributed by atoms with Gasteiger partial charge < -0.3 is 15.5 Å². The van der Waals surface area contributed by atoms with Crippen molar-refractivity contribution in [2.24, 2.45) is 0 Å². The van der Waals surface area contributed by atoms with E-state index in [0.717, 1.165) is 28.8 Å². The van der Waals surface area contributed by atoms with Gasteiger partial charge in [0.15, 0.2) is 0 Å². The first-order chi connectivity index (χ1) is 20.0. The Morgan fingerprint density at radius 1 is 0.814 bits per heavy atom. The summed E-state index contributed by atoms with van der Waals surface area (Å²) in [7, 11) is 0. The van der Waals surface area contributed by atoms with Crippen molar-refractivity contribution in [3.63, 3.8) is 0 Å². The van der Waals surface area contributed by atoms with Crippen LogP contribution < -0.4 is 10.6 Å². The molecule has 2 N–H and O–H groups in total. The third-order valence-corrected chi connectivity index (χ3v) is 7.53. The molecule has 2 amide bonds. The number of pyridine rings is 1. The van der Waals surface area contributed by atoms with Gasteiger partial charge in [0.1, 0.15) is 0 Å². The lowest BCUT2D eigenvalue weighted by atomic mass is 9.95. The van der Waals surface area contributed by atoms with Crippen molar-refractivity contribution >= 4 is 42.2 Å². The molecule has 3 aromatic carbocycles. The minimum atomic E-state index is -0.465. The van der Waals surface area contributed by atoms with Crippen molar-refractivity contribution in [3.05, 3.63) is 124 Å². The number of nitrogens with zero attached hydrogens (tertiary/aromatic N) is 3. The molecule has 10 heteroatoms. The van der Waals surface area contributed by atoms with E-state index in [-0.39, 0.29) is 36.5 Å². The molecule has 0 atom stereocenters. The minimum Gasteiger partial charge on any atom is -0.316 e. The Balaban J connectivity index is 0.00000253. The van der Waals surface area contributed by atoms with Crippen LogP contribution >= 0.6 is 24.8 Å². The van der Waals surface area contributed by atoms with Crippen LogP contribution in [0.4, 0.5) is 16.2 Å². The van der Waals surface area contributed by atoms with Gasteiger partial charge in [-0.3, -0.25) is 15.1 Å². The molecule has 43 heavy (non-hydrogen) atoms. The van der Waals surface area contributed by atoms with E-state index in [2.05, 4.69) is 52.0 Å². The molecule has 226 valence electrons. The largest absolute Gasteiger partial charge is 0.322 e. The van der Waals surface area contributed by atoms with E-state index in [1.165, 1.54) is 61.9 Å². The molecular weight excluding hydrogens is 585 g/mol. The van der Waals surface area contributed by atoms with Gasteiger partial charge in [-0.1, -0.05) is 73.9 Å². The van der Waals surface area contributed by atoms with Crippen molar-refractivity contribution in [2.45, 2.75) is 57.8 Å². The predicted molar refractivity (Wildman–Crippen MR) is 176 cm³/mol. The zero-order valence-corrected chi connectivity index (χ0v) is 25.5. The first-order valence-electron chi connectivity index (χ1n) is 14.1. The average Bonchev–Trinajstić information content (AvgIpc) is 3.01. The van der Waals surface area contributed by atoms with Crippen LogP contribution in [0.1, 0.15) is 48.8 Å². The van der Waals surface area contributed by atoms with Crippen LogP contribution in [0.5, 0.6) is 0 Å². The summed E-state index contributed by atoms with van der Waals surface area (Å²) in [4.78, 5) is 29.6. The highest BCUT2D eigenvalue weighted by Gasteiger charge is 2.16. The molecule has 0 aliphatic heterocycles. The van der Waals surface area contributed by atoms with Crippen molar-refractivity contribution in [1.82, 2.24) is 15.2 Å². The summed E-state index contributed by atoms with van der Waals surface area (Å²) in [5.74, 6) is 0. The average molecular weight is 623 g/mol. The fraction of sp³-hybridized carbons (Fsp3) is 0.273. The standard InChI is InChI=1S/C33H35N5O3.2ClH/c39-33(36-31-16-18-32(19-17-31)38(40)41)37(24-27-5-4-20-34-21-27)23-26-10-14-29(15-11-26)28-12-8-25(9-13-28)22-35-30-6-2-1-3-7-30;;/h4-5,8-21,30,35H,1-3,6-7,22-24H2,(H,36,39);2*1H. The number of hydrogen-bond acceptors (Lipinski definition) is 5. The van der Waals surface area contributed by atoms with Crippen molar-refractivity contribution < 1.29 is 9.72 Å². The van der Waals surface area contributed by atoms with Gasteiger partial charge in [0.25, 0.3) is 5.69 Å². The zero-order valence-electron chi connectivity index (χ0n) is 23.9. The topological polar surface area (TPSA) is 100 Å². The summed E-state index contributed by atoms with van der Waals surface area (Å²) in [6.07, 6.45) is 10.0. The molecule has 4 aromatic rings. The molecule has 0 saturated heterocycles. The van der Waals surface area contributed by atoms with Gasteiger partial charge >= 0.3 is 6.03 Å². The van der Waals surface area contributed by atoms with Crippen LogP contribution in [-0.4, -0.2) is 26.9 Å². The Kier molecular flexibility index (Phi) is 12.9. The number of non-ortho nitro benzene ring substituents is 1. The van der Waals surface area contributed by atoms with E-state index in [1.807, 2.05) is 24.3 Å². The molecule has 0 bridgehead atoms. The number of carbonyl (C=O) groups excluding carboxylic acids is 1. The van der Waals surface area contributed by atoms with E-state index < -0.39 is 4.92 Å². The lowest BCUT2D eigenvalue weighted by Gasteiger charge is -2.23. The first-order valence-corrected chi connectivity index (χ1v) is 14.1. The van der Waals surface area contributed by atoms with E-state index in [0.29, 0.717) is 24.8 Å². The monoisotopic (exact) mass is 621 g/mol. The molecule has 1 heterocycles. The molecule has 5 rings (SSSR count). The lowest BCUT2D eigenvalue weighted by molar-refractivity contribution is -0.384. The van der Waals surface area contributed by atoms with Crippen LogP contribution in [0.15, 0.2) is 97.3 Å². The fourth-order valence-electron chi connectivity index (χ4n) is 5.19. The summed E-state index contributed by atoms with van der Waals surface area (Å²) in [6.45, 7) is 1.66. The first kappa shape index (κ1) is 33.5. The predicted octanol–water partition coefficient (Wildman–Crippen LogP) is 8.16. The summed E-state index contributed by atoms with van der Waals surface area (Å²) in [5.41, 5.74) is 5.92. The third-order valence-electron chi connectivity index (χ3n) is 7.53. The van der Waals surface area contributed by atoms with Gasteiger partial charge in [-0.25, -0.2) is 4.79 Å². The molecule has 1 saturated carbocycles. The van der Waals surface area contributed by atoms with Gasteiger partial charge in [-0.05, 0) is 58.9 Å². The fourth-order valence-corrected chi connectivity index (χ4v) is 5.19. The second kappa shape index (κ2) is 16.6. The van der Waals surface area contributed by atoms with Crippen molar-refractivity contribution in [2.75, 3.05) is 5.32 Å². The number of hydrogen-bond donors (Lipinski definition) is 2. The molecule has 0 unspecified atom stereocenters. The number of amides is 2. The molecular formula is C33H37Cl2N5O3. The Labute approximate surface area is 264 Å². The molecule has 8 nitrogen and oxygen atoms in total. The van der Waals surface area contributed by atoms with E-state index in [9.17, 15) is 14.9 Å². The summed E-state index contributed by atoms with van der Waals surface area (Å²) < 4.78 is 0. The van der Waals surface area contributed by atoms with Gasteiger partial charge in [-0.2, -0.15) is 0 Å². The number of nitrogens with one attached hydrogen (secondary N) is 2. The number of nitro groups is 1. The maximum absolute atomic E-state index is 13.3. The highest BCUT2D eigenvalue weighted by molar-refractivity contribution is 5.89. The van der Waals surface area contributed by atoms with Crippen LogP contribution in [0, 0.1) is 10.1 Å². The van der Waals surface area contributed by atoms with Crippen molar-refractivity contribution in [1.29, 1.82) is 0 Å². The number of nitro benzene ring substituents is 1. The number of urea groups is 1. The van der Waals surface area contributed by atoms with Gasteiger partial charge in [0.05, 0.1) is 4.92 Å². The van der Waals surface area contributed by atoms with Crippen LogP contribution in [0.2, 0.25) is 0 Å². The molecule has 0 radical (unpaired) electrons. The third kappa shape index (κ3) is 9.78. The Morgan fingerprint density at radius 3 is 2.00 bits per heavy atom. The maximum atomic E-state index is 13.3. The van der Waals surface area contributed by atoms with Gasteiger partial charge in [0, 0.05) is 55.9 Å². The highest BCUT2D eigenvalue weighted by atomic mass is 35.5. The van der Waals surface area contributed by atoms with E-state index in [1.54, 1.807) is 17.3 Å². The summed E-state index contributed by atoms with van der Waals surface area (Å²) in [6, 6.07) is 26.9. The number of aromatic nitrogens is 1. The quantitative estimate of drug-likeness (QED) is 0.137. The lowest BCUT2D eigenvalue weighted by Crippen LogP contribution is -2.34. The van der Waals surface area contributed by atoms with E-state index in [4.69, 9.17) is 0 Å². The maximum Gasteiger partial charge on any atom is 0.322 e. The second-order valence-electron chi connectivity index (χ2n) is 10.6. The molecule has 1 fully saturated rings. The normalized spacial score (nSPS) is 12.8. The van der Waals surface area contributed by atoms with Crippen LogP contribution in [0.25, 0.3) is 11.1 Å². The minimum absolute atomic E-state index is 0. The smallest absolute Gasteiger partial charge is 0.316 e. The number of halogens is 2. The second-order valence-corrected chi connectivity index (χ2v) is 10.6. The zero-order chi connectivity index (χ0) is 28.4. The van der Waals surface area contributed by atoms with E-state index >= 15 is 0 Å². The number of carbonyl (C=O) groups is 1. The van der Waals surface area contributed by atoms with Gasteiger partial charge in [-0.15, -0.1) is 24.8 Å². The van der Waals surface area contributed by atoms with Gasteiger partial charge in [0.2, 0.25) is 0 Å². The van der Waals surface area contributed by atoms with Crippen molar-refractivity contribution in [3.8, 4) is 11.1 Å². The Morgan fingerprint density at radius 2 is 1.42 bits per heavy atom. The Hall–Kier alpha value is -3.98. The molecule has 1 aromatic heterocycles. The molecule has 0 spiro atoms.